The van der Waals surface area contributed by atoms with Crippen LogP contribution < -0.4 is 5.32 Å². The van der Waals surface area contributed by atoms with Crippen LogP contribution in [-0.2, 0) is 4.79 Å². The third kappa shape index (κ3) is 4.62. The smallest absolute Gasteiger partial charge is 0.233 e. The molecule has 0 aliphatic carbocycles. The van der Waals surface area contributed by atoms with Gasteiger partial charge < -0.3 is 10.2 Å². The van der Waals surface area contributed by atoms with Gasteiger partial charge in [-0.05, 0) is 5.92 Å². The molecule has 1 amide bonds. The number of nitrogens with one attached hydrogen (secondary N) is 1. The van der Waals surface area contributed by atoms with Crippen molar-refractivity contribution in [3.05, 3.63) is 0 Å². The molecule has 0 spiro atoms. The fraction of sp³-hybridized carbons (Fsp3) is 0.909. The van der Waals surface area contributed by atoms with E-state index < -0.39 is 0 Å². The molecule has 0 atom stereocenters. The van der Waals surface area contributed by atoms with Crippen LogP contribution in [0.5, 0.6) is 0 Å². The Bertz CT molecular complexity index is 198. The molecule has 1 aliphatic heterocycles. The Labute approximate surface area is 92.6 Å². The summed E-state index contributed by atoms with van der Waals surface area (Å²) in [5.41, 5.74) is 0. The molecule has 15 heavy (non-hydrogen) atoms. The Kier molecular flexibility index (Phi) is 5.05. The minimum atomic E-state index is 0.118. The van der Waals surface area contributed by atoms with Crippen molar-refractivity contribution >= 4 is 5.91 Å². The van der Waals surface area contributed by atoms with Gasteiger partial charge in [-0.1, -0.05) is 13.8 Å². The van der Waals surface area contributed by atoms with Gasteiger partial charge in [0.2, 0.25) is 5.91 Å². The number of hydrogen-bond donors (Lipinski definition) is 1. The fourth-order valence-corrected chi connectivity index (χ4v) is 1.93. The first-order chi connectivity index (χ1) is 7.11. The zero-order valence-electron chi connectivity index (χ0n) is 10.1. The molecular weight excluding hydrogens is 190 g/mol. The van der Waals surface area contributed by atoms with Gasteiger partial charge in [0.1, 0.15) is 0 Å². The number of carbonyl (C=O) groups is 1. The van der Waals surface area contributed by atoms with Gasteiger partial charge in [0, 0.05) is 39.8 Å². The van der Waals surface area contributed by atoms with E-state index in [1.807, 2.05) is 0 Å². The van der Waals surface area contributed by atoms with Crippen molar-refractivity contribution < 1.29 is 4.79 Å². The third-order valence-electron chi connectivity index (χ3n) is 2.73. The van der Waals surface area contributed by atoms with E-state index in [-0.39, 0.29) is 5.91 Å². The minimum Gasteiger partial charge on any atom is -0.358 e. The van der Waals surface area contributed by atoms with Crippen molar-refractivity contribution in [3.8, 4) is 0 Å². The number of amides is 1. The third-order valence-corrected chi connectivity index (χ3v) is 2.73. The second-order valence-corrected chi connectivity index (χ2v) is 4.64. The molecule has 1 saturated heterocycles. The number of piperazine rings is 1. The molecule has 4 heteroatoms. The van der Waals surface area contributed by atoms with Gasteiger partial charge in [-0.25, -0.2) is 0 Å². The van der Waals surface area contributed by atoms with Crippen LogP contribution in [0.15, 0.2) is 0 Å². The molecule has 4 nitrogen and oxygen atoms in total. The number of nitrogens with zero attached hydrogens (tertiary/aromatic N) is 2. The van der Waals surface area contributed by atoms with Gasteiger partial charge in [0.05, 0.1) is 6.54 Å². The van der Waals surface area contributed by atoms with Crippen LogP contribution in [0.3, 0.4) is 0 Å². The van der Waals surface area contributed by atoms with E-state index in [0.29, 0.717) is 6.54 Å². The van der Waals surface area contributed by atoms with E-state index in [4.69, 9.17) is 0 Å². The zero-order valence-corrected chi connectivity index (χ0v) is 10.1. The molecule has 1 fully saturated rings. The Balaban J connectivity index is 2.20. The number of likely N-dealkylation sites (N-methyl/N-ethyl adjacent to an activating group) is 1. The molecule has 0 aromatic rings. The van der Waals surface area contributed by atoms with E-state index in [1.54, 1.807) is 7.05 Å². The molecule has 0 unspecified atom stereocenters. The molecule has 88 valence electrons. The molecule has 1 rings (SSSR count). The summed E-state index contributed by atoms with van der Waals surface area (Å²) in [6.45, 7) is 10.4. The summed E-state index contributed by atoms with van der Waals surface area (Å²) >= 11 is 0. The van der Waals surface area contributed by atoms with Crippen LogP contribution in [0.25, 0.3) is 0 Å². The lowest BCUT2D eigenvalue weighted by atomic mass is 10.2. The summed E-state index contributed by atoms with van der Waals surface area (Å²) in [6.07, 6.45) is 0. The normalized spacial score (nSPS) is 19.5. The Hall–Kier alpha value is -0.610. The first-order valence-electron chi connectivity index (χ1n) is 5.77. The lowest BCUT2D eigenvalue weighted by Gasteiger charge is -2.34. The standard InChI is InChI=1S/C11H23N3O/c1-10(2)8-13-4-6-14(7-5-13)9-11(15)12-3/h10H,4-9H2,1-3H3,(H,12,15). The van der Waals surface area contributed by atoms with Gasteiger partial charge in [-0.2, -0.15) is 0 Å². The quantitative estimate of drug-likeness (QED) is 0.714. The predicted octanol–water partition coefficient (Wildman–Crippen LogP) is 0.00600. The highest BCUT2D eigenvalue weighted by atomic mass is 16.1. The van der Waals surface area contributed by atoms with Gasteiger partial charge >= 0.3 is 0 Å². The summed E-state index contributed by atoms with van der Waals surface area (Å²) in [4.78, 5) is 15.9. The van der Waals surface area contributed by atoms with Gasteiger partial charge in [-0.3, -0.25) is 9.69 Å². The Morgan fingerprint density at radius 3 is 2.20 bits per heavy atom. The maximum absolute atomic E-state index is 11.2. The summed E-state index contributed by atoms with van der Waals surface area (Å²) in [7, 11) is 1.69. The lowest BCUT2D eigenvalue weighted by Crippen LogP contribution is -2.49. The van der Waals surface area contributed by atoms with E-state index in [9.17, 15) is 4.79 Å². The Morgan fingerprint density at radius 1 is 1.20 bits per heavy atom. The van der Waals surface area contributed by atoms with Crippen molar-refractivity contribution in [2.24, 2.45) is 5.92 Å². The topological polar surface area (TPSA) is 35.6 Å². The SMILES string of the molecule is CNC(=O)CN1CCN(CC(C)C)CC1. The molecule has 0 aromatic heterocycles. The highest BCUT2D eigenvalue weighted by Crippen LogP contribution is 2.04. The highest BCUT2D eigenvalue weighted by Gasteiger charge is 2.18. The summed E-state index contributed by atoms with van der Waals surface area (Å²) in [5, 5.41) is 2.66. The van der Waals surface area contributed by atoms with Gasteiger partial charge in [0.15, 0.2) is 0 Å². The van der Waals surface area contributed by atoms with Crippen LogP contribution in [0.4, 0.5) is 0 Å². The van der Waals surface area contributed by atoms with Crippen molar-refractivity contribution in [1.29, 1.82) is 0 Å². The minimum absolute atomic E-state index is 0.118. The lowest BCUT2D eigenvalue weighted by molar-refractivity contribution is -0.122. The Morgan fingerprint density at radius 2 is 1.73 bits per heavy atom. The molecule has 0 saturated carbocycles. The van der Waals surface area contributed by atoms with Crippen LogP contribution in [0.2, 0.25) is 0 Å². The molecule has 0 radical (unpaired) electrons. The summed E-state index contributed by atoms with van der Waals surface area (Å²) in [5.74, 6) is 0.850. The molecule has 1 N–H and O–H groups in total. The molecule has 1 aliphatic rings. The van der Waals surface area contributed by atoms with Crippen LogP contribution >= 0.6 is 0 Å². The van der Waals surface area contributed by atoms with Crippen molar-refractivity contribution in [2.45, 2.75) is 13.8 Å². The number of carbonyl (C=O) groups excluding carboxylic acids is 1. The zero-order chi connectivity index (χ0) is 11.3. The predicted molar refractivity (Wildman–Crippen MR) is 61.8 cm³/mol. The van der Waals surface area contributed by atoms with E-state index in [2.05, 4.69) is 29.0 Å². The monoisotopic (exact) mass is 213 g/mol. The van der Waals surface area contributed by atoms with Crippen LogP contribution in [0, 0.1) is 5.92 Å². The molecule has 1 heterocycles. The number of hydrogen-bond acceptors (Lipinski definition) is 3. The molecule has 0 bridgehead atoms. The second-order valence-electron chi connectivity index (χ2n) is 4.64. The van der Waals surface area contributed by atoms with Gasteiger partial charge in [-0.15, -0.1) is 0 Å². The number of rotatable bonds is 4. The fourth-order valence-electron chi connectivity index (χ4n) is 1.93. The average molecular weight is 213 g/mol. The van der Waals surface area contributed by atoms with E-state index in [0.717, 1.165) is 32.1 Å². The van der Waals surface area contributed by atoms with Crippen molar-refractivity contribution in [3.63, 3.8) is 0 Å². The van der Waals surface area contributed by atoms with E-state index in [1.165, 1.54) is 6.54 Å². The van der Waals surface area contributed by atoms with E-state index >= 15 is 0 Å². The maximum atomic E-state index is 11.2. The second kappa shape index (κ2) is 6.08. The van der Waals surface area contributed by atoms with Crippen molar-refractivity contribution in [1.82, 2.24) is 15.1 Å². The maximum Gasteiger partial charge on any atom is 0.233 e. The van der Waals surface area contributed by atoms with Gasteiger partial charge in [0.25, 0.3) is 0 Å². The summed E-state index contributed by atoms with van der Waals surface area (Å²) in [6, 6.07) is 0. The average Bonchev–Trinajstić information content (AvgIpc) is 2.20. The first kappa shape index (κ1) is 12.5. The van der Waals surface area contributed by atoms with Crippen LogP contribution in [0.1, 0.15) is 13.8 Å². The first-order valence-corrected chi connectivity index (χ1v) is 5.77. The molecule has 0 aromatic carbocycles. The van der Waals surface area contributed by atoms with Crippen LogP contribution in [-0.4, -0.2) is 62.0 Å². The molecular formula is C11H23N3O. The van der Waals surface area contributed by atoms with Crippen molar-refractivity contribution in [2.75, 3.05) is 46.3 Å². The summed E-state index contributed by atoms with van der Waals surface area (Å²) < 4.78 is 0. The largest absolute Gasteiger partial charge is 0.358 e. The highest BCUT2D eigenvalue weighted by molar-refractivity contribution is 5.77.